The second-order valence-corrected chi connectivity index (χ2v) is 3.01. The highest BCUT2D eigenvalue weighted by atomic mass is 35.5. The molecule has 0 amide bonds. The van der Waals surface area contributed by atoms with E-state index >= 15 is 0 Å². The molecule has 0 aliphatic heterocycles. The van der Waals surface area contributed by atoms with E-state index in [9.17, 15) is 0 Å². The van der Waals surface area contributed by atoms with Crippen molar-refractivity contribution in [1.29, 1.82) is 0 Å². The van der Waals surface area contributed by atoms with Crippen molar-refractivity contribution in [2.75, 3.05) is 0 Å². The molecule has 0 spiro atoms. The van der Waals surface area contributed by atoms with Gasteiger partial charge in [-0.1, -0.05) is 35.8 Å². The van der Waals surface area contributed by atoms with Crippen LogP contribution in [0.3, 0.4) is 0 Å². The zero-order chi connectivity index (χ0) is 7.56. The maximum atomic E-state index is 5.77. The van der Waals surface area contributed by atoms with E-state index in [1.54, 1.807) is 18.2 Å². The monoisotopic (exact) mass is 191 g/mol. The van der Waals surface area contributed by atoms with E-state index in [-0.39, 0.29) is 0 Å². The van der Waals surface area contributed by atoms with Crippen LogP contribution >= 0.6 is 35.8 Å². The van der Waals surface area contributed by atoms with Crippen LogP contribution in [0, 0.1) is 0 Å². The van der Waals surface area contributed by atoms with E-state index in [1.807, 2.05) is 0 Å². The Morgan fingerprint density at radius 2 is 2.00 bits per heavy atom. The average molecular weight is 192 g/mol. The van der Waals surface area contributed by atoms with Gasteiger partial charge in [-0.3, -0.25) is 0 Å². The summed E-state index contributed by atoms with van der Waals surface area (Å²) in [6.45, 7) is 0. The number of benzene rings is 1. The molecule has 1 radical (unpaired) electrons. The lowest BCUT2D eigenvalue weighted by molar-refractivity contribution is 1.43. The van der Waals surface area contributed by atoms with Gasteiger partial charge in [0.15, 0.2) is 0 Å². The summed E-state index contributed by atoms with van der Waals surface area (Å²) < 4.78 is 0. The lowest BCUT2D eigenvalue weighted by Crippen LogP contribution is -1.78. The molecule has 0 fully saturated rings. The summed E-state index contributed by atoms with van der Waals surface area (Å²) in [6, 6.07) is 5.29. The Hall–Kier alpha value is 0.150. The van der Waals surface area contributed by atoms with Crippen LogP contribution in [0.4, 0.5) is 0 Å². The molecule has 53 valence electrons. The first-order valence-corrected chi connectivity index (χ1v) is 4.09. The molecule has 0 atom stereocenters. The van der Waals surface area contributed by atoms with Crippen LogP contribution in [0.2, 0.25) is 10.0 Å². The van der Waals surface area contributed by atoms with Crippen molar-refractivity contribution in [2.24, 2.45) is 0 Å². The van der Waals surface area contributed by atoms with E-state index in [1.165, 1.54) is 0 Å². The predicted octanol–water partition coefficient (Wildman–Crippen LogP) is 3.69. The SMILES string of the molecule is [S]Cc1cc(Cl)ccc1Cl. The van der Waals surface area contributed by atoms with Crippen LogP contribution in [0.15, 0.2) is 18.2 Å². The molecule has 1 aromatic carbocycles. The maximum Gasteiger partial charge on any atom is 0.0447 e. The summed E-state index contributed by atoms with van der Waals surface area (Å²) in [5.41, 5.74) is 0.921. The first kappa shape index (κ1) is 8.25. The van der Waals surface area contributed by atoms with Crippen molar-refractivity contribution in [3.63, 3.8) is 0 Å². The molecule has 0 saturated heterocycles. The van der Waals surface area contributed by atoms with Gasteiger partial charge >= 0.3 is 0 Å². The van der Waals surface area contributed by atoms with Crippen molar-refractivity contribution >= 4 is 35.8 Å². The topological polar surface area (TPSA) is 0 Å². The highest BCUT2D eigenvalue weighted by Crippen LogP contribution is 2.21. The smallest absolute Gasteiger partial charge is 0.0447 e. The molecule has 0 aliphatic rings. The fourth-order valence-corrected chi connectivity index (χ4v) is 1.35. The summed E-state index contributed by atoms with van der Waals surface area (Å²) in [4.78, 5) is 0. The van der Waals surface area contributed by atoms with E-state index in [0.29, 0.717) is 15.8 Å². The Balaban J connectivity index is 3.09. The fourth-order valence-electron chi connectivity index (χ4n) is 0.654. The van der Waals surface area contributed by atoms with Gasteiger partial charge in [-0.25, -0.2) is 0 Å². The molecule has 0 aliphatic carbocycles. The number of halogens is 2. The van der Waals surface area contributed by atoms with Crippen molar-refractivity contribution in [1.82, 2.24) is 0 Å². The molecule has 1 aromatic rings. The second-order valence-electron chi connectivity index (χ2n) is 1.88. The average Bonchev–Trinajstić information content (AvgIpc) is 1.94. The largest absolute Gasteiger partial charge is 0.0889 e. The fraction of sp³-hybridized carbons (Fsp3) is 0.143. The summed E-state index contributed by atoms with van der Waals surface area (Å²) in [6.07, 6.45) is 0. The zero-order valence-electron chi connectivity index (χ0n) is 5.10. The Morgan fingerprint density at radius 1 is 1.30 bits per heavy atom. The Bertz CT molecular complexity index is 235. The van der Waals surface area contributed by atoms with Gasteiger partial charge in [0, 0.05) is 15.8 Å². The normalized spacial score (nSPS) is 9.90. The molecule has 0 saturated carbocycles. The second kappa shape index (κ2) is 3.51. The van der Waals surface area contributed by atoms with E-state index in [4.69, 9.17) is 35.8 Å². The molecule has 0 unspecified atom stereocenters. The minimum atomic E-state index is 0.513. The van der Waals surface area contributed by atoms with Gasteiger partial charge in [0.2, 0.25) is 0 Å². The summed E-state index contributed by atoms with van der Waals surface area (Å²) in [5, 5.41) is 1.38. The molecule has 0 aromatic heterocycles. The van der Waals surface area contributed by atoms with Crippen LogP contribution in [0.25, 0.3) is 0 Å². The van der Waals surface area contributed by atoms with Crippen LogP contribution in [-0.2, 0) is 5.75 Å². The molecule has 10 heavy (non-hydrogen) atoms. The summed E-state index contributed by atoms with van der Waals surface area (Å²) >= 11 is 16.3. The van der Waals surface area contributed by atoms with Crippen LogP contribution < -0.4 is 0 Å². The molecule has 0 heterocycles. The quantitative estimate of drug-likeness (QED) is 0.636. The lowest BCUT2D eigenvalue weighted by atomic mass is 10.2. The zero-order valence-corrected chi connectivity index (χ0v) is 7.43. The Morgan fingerprint density at radius 3 is 2.50 bits per heavy atom. The van der Waals surface area contributed by atoms with Crippen molar-refractivity contribution in [2.45, 2.75) is 5.75 Å². The van der Waals surface area contributed by atoms with Crippen molar-refractivity contribution in [3.8, 4) is 0 Å². The van der Waals surface area contributed by atoms with Gasteiger partial charge < -0.3 is 0 Å². The maximum absolute atomic E-state index is 5.77. The van der Waals surface area contributed by atoms with Gasteiger partial charge in [0.05, 0.1) is 0 Å². The van der Waals surface area contributed by atoms with E-state index in [2.05, 4.69) is 0 Å². The standard InChI is InChI=1S/C7H5Cl2S/c8-6-1-2-7(9)5(3-6)4-10/h1-3H,4H2. The number of rotatable bonds is 1. The van der Waals surface area contributed by atoms with Crippen LogP contribution in [0.5, 0.6) is 0 Å². The van der Waals surface area contributed by atoms with Gasteiger partial charge in [0.1, 0.15) is 0 Å². The van der Waals surface area contributed by atoms with Gasteiger partial charge in [-0.15, -0.1) is 0 Å². The highest BCUT2D eigenvalue weighted by Gasteiger charge is 1.97. The minimum Gasteiger partial charge on any atom is -0.0889 e. The molecular weight excluding hydrogens is 187 g/mol. The number of hydrogen-bond acceptors (Lipinski definition) is 0. The van der Waals surface area contributed by atoms with Crippen LogP contribution in [0.1, 0.15) is 5.56 Å². The molecular formula is C7H5Cl2S. The lowest BCUT2D eigenvalue weighted by Gasteiger charge is -1.98. The van der Waals surface area contributed by atoms with E-state index in [0.717, 1.165) is 5.56 Å². The van der Waals surface area contributed by atoms with Crippen molar-refractivity contribution in [3.05, 3.63) is 33.8 Å². The third kappa shape index (κ3) is 1.82. The third-order valence-corrected chi connectivity index (χ3v) is 2.08. The minimum absolute atomic E-state index is 0.513. The summed E-state index contributed by atoms with van der Waals surface area (Å²) in [5.74, 6) is 0.513. The van der Waals surface area contributed by atoms with Gasteiger partial charge in [-0.05, 0) is 23.8 Å². The Labute approximate surface area is 75.6 Å². The van der Waals surface area contributed by atoms with Crippen LogP contribution in [-0.4, -0.2) is 0 Å². The predicted molar refractivity (Wildman–Crippen MR) is 47.8 cm³/mol. The first-order valence-electron chi connectivity index (χ1n) is 2.76. The van der Waals surface area contributed by atoms with Crippen molar-refractivity contribution < 1.29 is 0 Å². The van der Waals surface area contributed by atoms with Gasteiger partial charge in [0.25, 0.3) is 0 Å². The summed E-state index contributed by atoms with van der Waals surface area (Å²) in [7, 11) is 0. The first-order chi connectivity index (χ1) is 4.74. The molecule has 0 bridgehead atoms. The molecule has 0 N–H and O–H groups in total. The molecule has 3 heteroatoms. The van der Waals surface area contributed by atoms with E-state index < -0.39 is 0 Å². The molecule has 1 rings (SSSR count). The highest BCUT2D eigenvalue weighted by molar-refractivity contribution is 7.79. The third-order valence-electron chi connectivity index (χ3n) is 1.16. The Kier molecular flexibility index (Phi) is 2.90. The number of hydrogen-bond donors (Lipinski definition) is 0. The van der Waals surface area contributed by atoms with Gasteiger partial charge in [-0.2, -0.15) is 0 Å². The molecule has 0 nitrogen and oxygen atoms in total.